The van der Waals surface area contributed by atoms with Gasteiger partial charge in [0.05, 0.1) is 17.0 Å². The number of nitrogens with two attached hydrogens (primary N) is 1. The van der Waals surface area contributed by atoms with Crippen LogP contribution in [0.2, 0.25) is 5.02 Å². The van der Waals surface area contributed by atoms with Crippen molar-refractivity contribution in [2.75, 3.05) is 13.7 Å². The molecule has 0 amide bonds. The van der Waals surface area contributed by atoms with Crippen molar-refractivity contribution < 1.29 is 13.2 Å². The fraction of sp³-hybridized carbons (Fsp3) is 0.571. The zero-order valence-electron chi connectivity index (χ0n) is 13.3. The number of nitrogens with one attached hydrogen (secondary N) is 1. The molecule has 1 aromatic rings. The van der Waals surface area contributed by atoms with Crippen LogP contribution < -0.4 is 15.2 Å². The summed E-state index contributed by atoms with van der Waals surface area (Å²) in [5.74, 6) is 0.448. The molecule has 1 rings (SSSR count). The van der Waals surface area contributed by atoms with Crippen LogP contribution in [0.5, 0.6) is 5.75 Å². The molecule has 0 aromatic heterocycles. The summed E-state index contributed by atoms with van der Waals surface area (Å²) in [6.07, 6.45) is 1.38. The lowest BCUT2D eigenvalue weighted by Crippen LogP contribution is -2.49. The van der Waals surface area contributed by atoms with Gasteiger partial charge in [-0.05, 0) is 37.5 Å². The van der Waals surface area contributed by atoms with Gasteiger partial charge in [-0.2, -0.15) is 0 Å². The highest BCUT2D eigenvalue weighted by Gasteiger charge is 2.25. The van der Waals surface area contributed by atoms with Crippen LogP contribution in [0.3, 0.4) is 0 Å². The van der Waals surface area contributed by atoms with Gasteiger partial charge in [0.1, 0.15) is 5.75 Å². The van der Waals surface area contributed by atoms with Gasteiger partial charge in [0.15, 0.2) is 0 Å². The molecule has 0 fully saturated rings. The molecule has 0 bridgehead atoms. The number of aryl methyl sites for hydroxylation is 1. The van der Waals surface area contributed by atoms with Crippen molar-refractivity contribution in [1.29, 1.82) is 0 Å². The Labute approximate surface area is 144 Å². The van der Waals surface area contributed by atoms with Gasteiger partial charge in [0, 0.05) is 12.1 Å². The molecule has 0 aliphatic carbocycles. The zero-order valence-corrected chi connectivity index (χ0v) is 15.7. The van der Waals surface area contributed by atoms with Gasteiger partial charge < -0.3 is 10.5 Å². The Morgan fingerprint density at radius 1 is 1.32 bits per heavy atom. The topological polar surface area (TPSA) is 81.4 Å². The summed E-state index contributed by atoms with van der Waals surface area (Å²) in [7, 11) is -2.18. The highest BCUT2D eigenvalue weighted by atomic mass is 35.5. The Morgan fingerprint density at radius 2 is 1.86 bits per heavy atom. The van der Waals surface area contributed by atoms with E-state index in [0.717, 1.165) is 0 Å². The molecule has 0 heterocycles. The Hall–Kier alpha value is -0.530. The molecule has 0 spiro atoms. The van der Waals surface area contributed by atoms with Gasteiger partial charge in [-0.25, -0.2) is 13.1 Å². The van der Waals surface area contributed by atoms with E-state index in [1.54, 1.807) is 13.0 Å². The standard InChI is InChI=1S/C14H23ClN2O3S.ClH/c1-5-14(16,6-2)9-17-21(18,19)13-8-11(15)12(20-4)7-10(13)3;/h7-8,17H,5-6,9,16H2,1-4H3;1H. The molecule has 22 heavy (non-hydrogen) atoms. The lowest BCUT2D eigenvalue weighted by atomic mass is 9.95. The first-order chi connectivity index (χ1) is 9.69. The SMILES string of the molecule is CCC(N)(CC)CNS(=O)(=O)c1cc(Cl)c(OC)cc1C.Cl. The number of benzene rings is 1. The van der Waals surface area contributed by atoms with Crippen LogP contribution in [0.1, 0.15) is 32.3 Å². The van der Waals surface area contributed by atoms with Crippen LogP contribution in [-0.4, -0.2) is 27.6 Å². The fourth-order valence-electron chi connectivity index (χ4n) is 1.90. The number of halogens is 2. The molecule has 8 heteroatoms. The predicted molar refractivity (Wildman–Crippen MR) is 92.7 cm³/mol. The smallest absolute Gasteiger partial charge is 0.240 e. The van der Waals surface area contributed by atoms with Gasteiger partial charge in [0.2, 0.25) is 10.0 Å². The van der Waals surface area contributed by atoms with E-state index in [1.165, 1.54) is 13.2 Å². The lowest BCUT2D eigenvalue weighted by molar-refractivity contribution is 0.391. The Kier molecular flexibility index (Phi) is 8.16. The molecule has 0 radical (unpaired) electrons. The third kappa shape index (κ3) is 4.99. The van der Waals surface area contributed by atoms with Crippen LogP contribution in [0.25, 0.3) is 0 Å². The average molecular weight is 371 g/mol. The Balaban J connectivity index is 0.00000441. The molecule has 1 aromatic carbocycles. The summed E-state index contributed by atoms with van der Waals surface area (Å²) >= 11 is 6.01. The highest BCUT2D eigenvalue weighted by Crippen LogP contribution is 2.30. The van der Waals surface area contributed by atoms with Crippen LogP contribution in [0, 0.1) is 6.92 Å². The van der Waals surface area contributed by atoms with Crippen LogP contribution in [0.15, 0.2) is 17.0 Å². The number of methoxy groups -OCH3 is 1. The van der Waals surface area contributed by atoms with Crippen LogP contribution in [0.4, 0.5) is 0 Å². The summed E-state index contributed by atoms with van der Waals surface area (Å²) in [5.41, 5.74) is 6.15. The molecule has 0 atom stereocenters. The number of hydrogen-bond donors (Lipinski definition) is 2. The van der Waals surface area contributed by atoms with Crippen molar-refractivity contribution in [2.24, 2.45) is 5.73 Å². The number of rotatable bonds is 7. The lowest BCUT2D eigenvalue weighted by Gasteiger charge is -2.27. The van der Waals surface area contributed by atoms with Crippen LogP contribution >= 0.6 is 24.0 Å². The third-order valence-electron chi connectivity index (χ3n) is 3.76. The second kappa shape index (κ2) is 8.36. The van der Waals surface area contributed by atoms with Gasteiger partial charge in [-0.15, -0.1) is 12.4 Å². The van der Waals surface area contributed by atoms with Gasteiger partial charge in [-0.1, -0.05) is 25.4 Å². The van der Waals surface area contributed by atoms with Gasteiger partial charge in [0.25, 0.3) is 0 Å². The first kappa shape index (κ1) is 21.5. The van der Waals surface area contributed by atoms with Crippen molar-refractivity contribution >= 4 is 34.0 Å². The van der Waals surface area contributed by atoms with E-state index >= 15 is 0 Å². The predicted octanol–water partition coefficient (Wildman–Crippen LogP) is 2.87. The summed E-state index contributed by atoms with van der Waals surface area (Å²) < 4.78 is 32.5. The van der Waals surface area contributed by atoms with Crippen molar-refractivity contribution in [3.63, 3.8) is 0 Å². The Morgan fingerprint density at radius 3 is 2.32 bits per heavy atom. The van der Waals surface area contributed by atoms with Gasteiger partial charge >= 0.3 is 0 Å². The van der Waals surface area contributed by atoms with Crippen molar-refractivity contribution in [2.45, 2.75) is 44.0 Å². The minimum atomic E-state index is -3.66. The maximum Gasteiger partial charge on any atom is 0.240 e. The minimum Gasteiger partial charge on any atom is -0.495 e. The molecular formula is C14H24Cl2N2O3S. The number of sulfonamides is 1. The quantitative estimate of drug-likeness (QED) is 0.772. The average Bonchev–Trinajstić information content (AvgIpc) is 2.46. The molecule has 0 aliphatic heterocycles. The van der Waals surface area contributed by atoms with E-state index < -0.39 is 15.6 Å². The second-order valence-electron chi connectivity index (χ2n) is 5.15. The second-order valence-corrected chi connectivity index (χ2v) is 7.29. The van der Waals surface area contributed by atoms with E-state index in [-0.39, 0.29) is 28.9 Å². The third-order valence-corrected chi connectivity index (χ3v) is 5.60. The number of hydrogen-bond acceptors (Lipinski definition) is 4. The molecule has 0 aliphatic rings. The maximum atomic E-state index is 12.4. The van der Waals surface area contributed by atoms with Gasteiger partial charge in [-0.3, -0.25) is 0 Å². The fourth-order valence-corrected chi connectivity index (χ4v) is 3.59. The molecule has 3 N–H and O–H groups in total. The normalized spacial score (nSPS) is 11.9. The summed E-state index contributed by atoms with van der Waals surface area (Å²) in [6.45, 7) is 5.76. The van der Waals surface area contributed by atoms with Crippen molar-refractivity contribution in [1.82, 2.24) is 4.72 Å². The van der Waals surface area contributed by atoms with Crippen molar-refractivity contribution in [3.8, 4) is 5.75 Å². The summed E-state index contributed by atoms with van der Waals surface area (Å²) in [4.78, 5) is 0.142. The first-order valence-corrected chi connectivity index (χ1v) is 8.68. The molecule has 0 unspecified atom stereocenters. The molecule has 5 nitrogen and oxygen atoms in total. The Bertz CT molecular complexity index is 602. The zero-order chi connectivity index (χ0) is 16.3. The molecule has 128 valence electrons. The molecule has 0 saturated heterocycles. The van der Waals surface area contributed by atoms with E-state index in [9.17, 15) is 8.42 Å². The van der Waals surface area contributed by atoms with E-state index in [0.29, 0.717) is 24.2 Å². The van der Waals surface area contributed by atoms with Crippen molar-refractivity contribution in [3.05, 3.63) is 22.7 Å². The summed E-state index contributed by atoms with van der Waals surface area (Å²) in [5, 5.41) is 0.258. The van der Waals surface area contributed by atoms with E-state index in [1.807, 2.05) is 13.8 Å². The van der Waals surface area contributed by atoms with Crippen LogP contribution in [-0.2, 0) is 10.0 Å². The van der Waals surface area contributed by atoms with E-state index in [4.69, 9.17) is 22.1 Å². The minimum absolute atomic E-state index is 0. The monoisotopic (exact) mass is 370 g/mol. The largest absolute Gasteiger partial charge is 0.495 e. The van der Waals surface area contributed by atoms with E-state index in [2.05, 4.69) is 4.72 Å². The highest BCUT2D eigenvalue weighted by molar-refractivity contribution is 7.89. The molecule has 0 saturated carbocycles. The molecular weight excluding hydrogens is 347 g/mol. The number of ether oxygens (including phenoxy) is 1. The first-order valence-electron chi connectivity index (χ1n) is 6.81. The summed E-state index contributed by atoms with van der Waals surface area (Å²) in [6, 6.07) is 3.00. The maximum absolute atomic E-state index is 12.4.